The van der Waals surface area contributed by atoms with Crippen LogP contribution in [0.1, 0.15) is 37.5 Å². The molecule has 0 spiro atoms. The van der Waals surface area contributed by atoms with E-state index in [-0.39, 0.29) is 11.1 Å². The van der Waals surface area contributed by atoms with Gasteiger partial charge in [0.05, 0.1) is 24.8 Å². The zero-order valence-electron chi connectivity index (χ0n) is 16.8. The molecule has 0 radical (unpaired) electrons. The van der Waals surface area contributed by atoms with E-state index >= 15 is 0 Å². The lowest BCUT2D eigenvalue weighted by Crippen LogP contribution is -2.12. The van der Waals surface area contributed by atoms with Crippen LogP contribution >= 0.6 is 0 Å². The van der Waals surface area contributed by atoms with Crippen molar-refractivity contribution in [1.29, 1.82) is 0 Å². The fraction of sp³-hybridized carbons (Fsp3) is 0.286. The van der Waals surface area contributed by atoms with E-state index in [1.54, 1.807) is 18.2 Å². The molecule has 3 rings (SSSR count). The highest BCUT2D eigenvalue weighted by molar-refractivity contribution is 6.35. The maximum absolute atomic E-state index is 12.6. The molecule has 152 valence electrons. The SMILES string of the molecule is COc1cc2c(cc1OC)C(=Cc1cc(C(C)(C)C)cc([N+](=O)[O-])c1O)C(=O)N2. The predicted octanol–water partition coefficient (Wildman–Crippen LogP) is 4.11. The van der Waals surface area contributed by atoms with Gasteiger partial charge < -0.3 is 19.9 Å². The van der Waals surface area contributed by atoms with Crippen LogP contribution in [0, 0.1) is 10.1 Å². The minimum absolute atomic E-state index is 0.192. The van der Waals surface area contributed by atoms with Gasteiger partial charge in [0.2, 0.25) is 5.75 Å². The largest absolute Gasteiger partial charge is 0.502 e. The number of phenols is 1. The van der Waals surface area contributed by atoms with E-state index in [1.165, 1.54) is 26.4 Å². The van der Waals surface area contributed by atoms with Crippen LogP contribution in [0.5, 0.6) is 17.2 Å². The van der Waals surface area contributed by atoms with Crippen molar-refractivity contribution in [3.63, 3.8) is 0 Å². The Hall–Kier alpha value is -3.55. The third-order valence-electron chi connectivity index (χ3n) is 4.79. The average Bonchev–Trinajstić information content (AvgIpc) is 2.95. The fourth-order valence-corrected chi connectivity index (χ4v) is 3.14. The number of anilines is 1. The molecule has 0 saturated heterocycles. The van der Waals surface area contributed by atoms with Crippen molar-refractivity contribution in [3.8, 4) is 17.2 Å². The Morgan fingerprint density at radius 1 is 1.10 bits per heavy atom. The van der Waals surface area contributed by atoms with Gasteiger partial charge >= 0.3 is 5.69 Å². The molecule has 1 amide bonds. The minimum atomic E-state index is -0.636. The van der Waals surface area contributed by atoms with Gasteiger partial charge in [-0.3, -0.25) is 14.9 Å². The van der Waals surface area contributed by atoms with Crippen LogP contribution in [0.25, 0.3) is 11.6 Å². The molecular weight excluding hydrogens is 376 g/mol. The maximum Gasteiger partial charge on any atom is 0.311 e. The second-order valence-corrected chi connectivity index (χ2v) is 7.71. The highest BCUT2D eigenvalue weighted by Gasteiger charge is 2.29. The van der Waals surface area contributed by atoms with E-state index in [1.807, 2.05) is 20.8 Å². The van der Waals surface area contributed by atoms with Crippen LogP contribution in [0.4, 0.5) is 11.4 Å². The molecule has 29 heavy (non-hydrogen) atoms. The van der Waals surface area contributed by atoms with Crippen molar-refractivity contribution < 1.29 is 24.3 Å². The van der Waals surface area contributed by atoms with Gasteiger partial charge in [-0.1, -0.05) is 20.8 Å². The Labute approximate surface area is 167 Å². The number of hydrogen-bond acceptors (Lipinski definition) is 6. The highest BCUT2D eigenvalue weighted by Crippen LogP contribution is 2.43. The van der Waals surface area contributed by atoms with Crippen molar-refractivity contribution in [2.45, 2.75) is 26.2 Å². The van der Waals surface area contributed by atoms with E-state index in [0.29, 0.717) is 28.3 Å². The molecule has 0 unspecified atom stereocenters. The standard InChI is InChI=1S/C21H22N2O6/c1-21(2,3)12-6-11(19(24)16(8-12)23(26)27)7-14-13-9-17(28-4)18(29-5)10-15(13)22-20(14)25/h6-10,24H,1-5H3,(H,22,25). The molecule has 2 N–H and O–H groups in total. The number of nitro benzene ring substituents is 1. The molecule has 8 nitrogen and oxygen atoms in total. The number of amides is 1. The Balaban J connectivity index is 2.23. The van der Waals surface area contributed by atoms with E-state index in [4.69, 9.17) is 9.47 Å². The van der Waals surface area contributed by atoms with Gasteiger partial charge in [-0.05, 0) is 29.2 Å². The Bertz CT molecular complexity index is 1050. The number of nitrogens with one attached hydrogen (secondary N) is 1. The molecule has 0 aromatic heterocycles. The number of methoxy groups -OCH3 is 2. The van der Waals surface area contributed by atoms with Crippen LogP contribution in [0.15, 0.2) is 24.3 Å². The van der Waals surface area contributed by atoms with E-state index in [0.717, 1.165) is 0 Å². The molecule has 2 aromatic carbocycles. The summed E-state index contributed by atoms with van der Waals surface area (Å²) < 4.78 is 10.6. The van der Waals surface area contributed by atoms with Gasteiger partial charge in [0.1, 0.15) is 0 Å². The zero-order valence-corrected chi connectivity index (χ0v) is 16.8. The summed E-state index contributed by atoms with van der Waals surface area (Å²) in [5.74, 6) is 0.0176. The number of rotatable bonds is 4. The molecule has 0 atom stereocenters. The summed E-state index contributed by atoms with van der Waals surface area (Å²) in [5, 5.41) is 24.6. The number of hydrogen-bond donors (Lipinski definition) is 2. The summed E-state index contributed by atoms with van der Waals surface area (Å²) in [4.78, 5) is 23.4. The topological polar surface area (TPSA) is 111 Å². The molecule has 2 aromatic rings. The first-order chi connectivity index (χ1) is 13.6. The Morgan fingerprint density at radius 2 is 1.72 bits per heavy atom. The van der Waals surface area contributed by atoms with E-state index in [2.05, 4.69) is 5.32 Å². The minimum Gasteiger partial charge on any atom is -0.502 e. The number of phenolic OH excluding ortho intramolecular Hbond substituents is 1. The summed E-state index contributed by atoms with van der Waals surface area (Å²) >= 11 is 0. The summed E-state index contributed by atoms with van der Waals surface area (Å²) in [7, 11) is 2.98. The van der Waals surface area contributed by atoms with Crippen molar-refractivity contribution in [2.75, 3.05) is 19.5 Å². The Morgan fingerprint density at radius 3 is 2.28 bits per heavy atom. The summed E-state index contributed by atoms with van der Waals surface area (Å²) in [6.07, 6.45) is 1.45. The number of nitro groups is 1. The Kier molecular flexibility index (Phi) is 4.96. The van der Waals surface area contributed by atoms with Crippen LogP contribution in [-0.2, 0) is 10.2 Å². The van der Waals surface area contributed by atoms with Crippen LogP contribution in [0.3, 0.4) is 0 Å². The van der Waals surface area contributed by atoms with Gasteiger partial charge in [-0.2, -0.15) is 0 Å². The lowest BCUT2D eigenvalue weighted by molar-refractivity contribution is -0.386. The fourth-order valence-electron chi connectivity index (χ4n) is 3.14. The summed E-state index contributed by atoms with van der Waals surface area (Å²) in [6, 6.07) is 6.30. The first kappa shape index (κ1) is 20.2. The van der Waals surface area contributed by atoms with Crippen molar-refractivity contribution in [2.24, 2.45) is 0 Å². The normalized spacial score (nSPS) is 14.5. The van der Waals surface area contributed by atoms with Gasteiger partial charge in [0, 0.05) is 28.8 Å². The number of carbonyl (C=O) groups excluding carboxylic acids is 1. The number of fused-ring (bicyclic) bond motifs is 1. The molecule has 0 fully saturated rings. The number of aromatic hydroxyl groups is 1. The maximum atomic E-state index is 12.6. The molecule has 1 aliphatic rings. The second kappa shape index (κ2) is 7.12. The number of benzene rings is 2. The van der Waals surface area contributed by atoms with Gasteiger partial charge in [0.25, 0.3) is 5.91 Å². The molecule has 0 aliphatic carbocycles. The van der Waals surface area contributed by atoms with Crippen molar-refractivity contribution in [3.05, 3.63) is 51.1 Å². The number of nitrogens with zero attached hydrogens (tertiary/aromatic N) is 1. The van der Waals surface area contributed by atoms with Crippen molar-refractivity contribution in [1.82, 2.24) is 0 Å². The second-order valence-electron chi connectivity index (χ2n) is 7.71. The third-order valence-corrected chi connectivity index (χ3v) is 4.79. The summed E-state index contributed by atoms with van der Waals surface area (Å²) in [6.45, 7) is 5.73. The van der Waals surface area contributed by atoms with Gasteiger partial charge in [0.15, 0.2) is 11.5 Å². The van der Waals surface area contributed by atoms with Crippen LogP contribution in [-0.4, -0.2) is 30.2 Å². The molecule has 1 aliphatic heterocycles. The zero-order chi connectivity index (χ0) is 21.5. The number of carbonyl (C=O) groups is 1. The van der Waals surface area contributed by atoms with Gasteiger partial charge in [-0.15, -0.1) is 0 Å². The van der Waals surface area contributed by atoms with Crippen molar-refractivity contribution >= 4 is 28.9 Å². The molecule has 8 heteroatoms. The highest BCUT2D eigenvalue weighted by atomic mass is 16.6. The first-order valence-corrected chi connectivity index (χ1v) is 8.88. The molecular formula is C21H22N2O6. The lowest BCUT2D eigenvalue weighted by atomic mass is 9.85. The lowest BCUT2D eigenvalue weighted by Gasteiger charge is -2.20. The third kappa shape index (κ3) is 3.61. The first-order valence-electron chi connectivity index (χ1n) is 8.88. The van der Waals surface area contributed by atoms with Crippen LogP contribution in [0.2, 0.25) is 0 Å². The average molecular weight is 398 g/mol. The molecule has 0 saturated carbocycles. The van der Waals surface area contributed by atoms with E-state index in [9.17, 15) is 20.0 Å². The van der Waals surface area contributed by atoms with Crippen LogP contribution < -0.4 is 14.8 Å². The van der Waals surface area contributed by atoms with Gasteiger partial charge in [-0.25, -0.2) is 0 Å². The summed E-state index contributed by atoms with van der Waals surface area (Å²) in [5.41, 5.74) is 1.40. The quantitative estimate of drug-likeness (QED) is 0.456. The monoisotopic (exact) mass is 398 g/mol. The number of ether oxygens (including phenoxy) is 2. The van der Waals surface area contributed by atoms with E-state index < -0.39 is 27.7 Å². The molecule has 1 heterocycles. The molecule has 0 bridgehead atoms. The smallest absolute Gasteiger partial charge is 0.311 e. The predicted molar refractivity (Wildman–Crippen MR) is 110 cm³/mol.